The zero-order chi connectivity index (χ0) is 20.1. The average Bonchev–Trinajstić information content (AvgIpc) is 3.04. The second kappa shape index (κ2) is 8.84. The highest BCUT2D eigenvalue weighted by Gasteiger charge is 2.15. The summed E-state index contributed by atoms with van der Waals surface area (Å²) < 4.78 is 13.0. The summed E-state index contributed by atoms with van der Waals surface area (Å²) in [5, 5.41) is 0. The van der Waals surface area contributed by atoms with E-state index in [1.165, 1.54) is 24.0 Å². The van der Waals surface area contributed by atoms with Crippen molar-refractivity contribution in [2.45, 2.75) is 26.8 Å². The number of nitrogens with zero attached hydrogens (tertiary/aromatic N) is 2. The van der Waals surface area contributed by atoms with Crippen molar-refractivity contribution in [2.75, 3.05) is 13.7 Å². The van der Waals surface area contributed by atoms with Crippen molar-refractivity contribution in [2.24, 2.45) is 4.99 Å². The second-order valence-electron chi connectivity index (χ2n) is 6.05. The van der Waals surface area contributed by atoms with Crippen LogP contribution in [0.25, 0.3) is 10.2 Å². The van der Waals surface area contributed by atoms with Gasteiger partial charge in [0.1, 0.15) is 12.3 Å². The van der Waals surface area contributed by atoms with Gasteiger partial charge in [-0.1, -0.05) is 36.5 Å². The predicted molar refractivity (Wildman–Crippen MR) is 109 cm³/mol. The molecule has 6 nitrogen and oxygen atoms in total. The largest absolute Gasteiger partial charge is 0.496 e. The first kappa shape index (κ1) is 19.8. The van der Waals surface area contributed by atoms with E-state index in [9.17, 15) is 9.59 Å². The smallest absolute Gasteiger partial charge is 0.326 e. The summed E-state index contributed by atoms with van der Waals surface area (Å²) in [6, 6.07) is 13.0. The summed E-state index contributed by atoms with van der Waals surface area (Å²) in [7, 11) is 1.51. The first-order chi connectivity index (χ1) is 13.6. The lowest BCUT2D eigenvalue weighted by Gasteiger charge is -2.06. The normalized spacial score (nSPS) is 11.6. The molecule has 7 heteroatoms. The van der Waals surface area contributed by atoms with E-state index < -0.39 is 5.91 Å². The molecule has 0 spiro atoms. The van der Waals surface area contributed by atoms with Gasteiger partial charge in [-0.05, 0) is 43.2 Å². The molecule has 3 aromatic rings. The Morgan fingerprint density at radius 1 is 1.14 bits per heavy atom. The zero-order valence-corrected chi connectivity index (χ0v) is 16.9. The molecule has 0 atom stereocenters. The van der Waals surface area contributed by atoms with Crippen molar-refractivity contribution in [3.8, 4) is 5.75 Å². The van der Waals surface area contributed by atoms with Gasteiger partial charge in [-0.25, -0.2) is 0 Å². The number of hydrogen-bond acceptors (Lipinski definition) is 5. The number of carbonyl (C=O) groups is 2. The SMILES string of the molecule is CCOC(=O)Cn1c(=NC(=O)c2ccccc2OC)sc2cc(CC)ccc21. The van der Waals surface area contributed by atoms with Gasteiger partial charge in [0.25, 0.3) is 5.91 Å². The molecule has 0 aliphatic carbocycles. The highest BCUT2D eigenvalue weighted by Crippen LogP contribution is 2.21. The van der Waals surface area contributed by atoms with Crippen LogP contribution in [0.15, 0.2) is 47.5 Å². The summed E-state index contributed by atoms with van der Waals surface area (Å²) >= 11 is 1.38. The number of ether oxygens (including phenoxy) is 2. The Labute approximate surface area is 167 Å². The predicted octanol–water partition coefficient (Wildman–Crippen LogP) is 3.58. The molecule has 1 aromatic heterocycles. The Bertz CT molecular complexity index is 1080. The molecule has 0 aliphatic heterocycles. The molecular weight excluding hydrogens is 376 g/mol. The van der Waals surface area contributed by atoms with Crippen LogP contribution in [0.4, 0.5) is 0 Å². The van der Waals surface area contributed by atoms with E-state index in [2.05, 4.69) is 18.0 Å². The molecule has 0 saturated carbocycles. The van der Waals surface area contributed by atoms with Crippen LogP contribution in [0.1, 0.15) is 29.8 Å². The first-order valence-corrected chi connectivity index (χ1v) is 9.89. The van der Waals surface area contributed by atoms with E-state index in [4.69, 9.17) is 9.47 Å². The van der Waals surface area contributed by atoms with Gasteiger partial charge in [0.05, 0.1) is 29.5 Å². The van der Waals surface area contributed by atoms with Crippen LogP contribution in [-0.4, -0.2) is 30.2 Å². The summed E-state index contributed by atoms with van der Waals surface area (Å²) in [6.07, 6.45) is 0.901. The minimum absolute atomic E-state index is 0.00263. The van der Waals surface area contributed by atoms with E-state index in [1.54, 1.807) is 35.8 Å². The highest BCUT2D eigenvalue weighted by atomic mass is 32.1. The van der Waals surface area contributed by atoms with E-state index in [0.29, 0.717) is 22.7 Å². The fourth-order valence-electron chi connectivity index (χ4n) is 2.88. The maximum absolute atomic E-state index is 12.8. The average molecular weight is 398 g/mol. The molecule has 1 heterocycles. The van der Waals surface area contributed by atoms with Crippen LogP contribution < -0.4 is 9.54 Å². The van der Waals surface area contributed by atoms with E-state index in [1.807, 2.05) is 12.1 Å². The Morgan fingerprint density at radius 3 is 2.64 bits per heavy atom. The number of fused-ring (bicyclic) bond motifs is 1. The molecule has 0 saturated heterocycles. The Kier molecular flexibility index (Phi) is 6.26. The number of benzene rings is 2. The minimum atomic E-state index is -0.419. The molecule has 3 rings (SSSR count). The molecule has 2 aromatic carbocycles. The molecule has 0 unspecified atom stereocenters. The number of carbonyl (C=O) groups excluding carboxylic acids is 2. The summed E-state index contributed by atoms with van der Waals surface area (Å²) in [4.78, 5) is 29.6. The number of thiazole rings is 1. The van der Waals surface area contributed by atoms with Gasteiger partial charge < -0.3 is 14.0 Å². The number of hydrogen-bond donors (Lipinski definition) is 0. The molecule has 1 amide bonds. The third kappa shape index (κ3) is 4.14. The van der Waals surface area contributed by atoms with Crippen LogP contribution in [0, 0.1) is 0 Å². The van der Waals surface area contributed by atoms with Gasteiger partial charge in [-0.2, -0.15) is 4.99 Å². The van der Waals surface area contributed by atoms with E-state index in [-0.39, 0.29) is 12.5 Å². The molecule has 28 heavy (non-hydrogen) atoms. The Morgan fingerprint density at radius 2 is 1.93 bits per heavy atom. The van der Waals surface area contributed by atoms with E-state index >= 15 is 0 Å². The summed E-state index contributed by atoms with van der Waals surface area (Å²) in [5.41, 5.74) is 2.40. The number of methoxy groups -OCH3 is 1. The van der Waals surface area contributed by atoms with Crippen LogP contribution in [0.2, 0.25) is 0 Å². The lowest BCUT2D eigenvalue weighted by Crippen LogP contribution is -2.23. The number of esters is 1. The molecular formula is C21H22N2O4S. The van der Waals surface area contributed by atoms with Gasteiger partial charge in [0.15, 0.2) is 4.80 Å². The van der Waals surface area contributed by atoms with Crippen LogP contribution >= 0.6 is 11.3 Å². The molecule has 146 valence electrons. The molecule has 0 fully saturated rings. The summed E-state index contributed by atoms with van der Waals surface area (Å²) in [5.74, 6) is -0.326. The first-order valence-electron chi connectivity index (χ1n) is 9.07. The van der Waals surface area contributed by atoms with Crippen molar-refractivity contribution >= 4 is 33.4 Å². The third-order valence-corrected chi connectivity index (χ3v) is 5.32. The molecule has 0 aliphatic rings. The lowest BCUT2D eigenvalue weighted by molar-refractivity contribution is -0.143. The standard InChI is InChI=1S/C21H22N2O4S/c1-4-14-10-11-16-18(12-14)28-21(23(16)13-19(24)27-5-2)22-20(25)15-8-6-7-9-17(15)26-3/h6-12H,4-5,13H2,1-3H3. The van der Waals surface area contributed by atoms with Gasteiger partial charge in [0, 0.05) is 0 Å². The quantitative estimate of drug-likeness (QED) is 0.595. The highest BCUT2D eigenvalue weighted by molar-refractivity contribution is 7.16. The molecule has 0 N–H and O–H groups in total. The topological polar surface area (TPSA) is 69.9 Å². The van der Waals surface area contributed by atoms with Gasteiger partial charge in [0.2, 0.25) is 0 Å². The van der Waals surface area contributed by atoms with Gasteiger partial charge in [-0.15, -0.1) is 0 Å². The number of aryl methyl sites for hydroxylation is 1. The fraction of sp³-hybridized carbons (Fsp3) is 0.286. The maximum Gasteiger partial charge on any atom is 0.326 e. The van der Waals surface area contributed by atoms with Crippen molar-refractivity contribution < 1.29 is 19.1 Å². The van der Waals surface area contributed by atoms with Crippen LogP contribution in [0.3, 0.4) is 0 Å². The maximum atomic E-state index is 12.8. The molecule has 0 bridgehead atoms. The number of amides is 1. The van der Waals surface area contributed by atoms with Crippen molar-refractivity contribution in [3.63, 3.8) is 0 Å². The van der Waals surface area contributed by atoms with Crippen molar-refractivity contribution in [1.82, 2.24) is 4.57 Å². The fourth-order valence-corrected chi connectivity index (χ4v) is 3.97. The number of aromatic nitrogens is 1. The minimum Gasteiger partial charge on any atom is -0.496 e. The summed E-state index contributed by atoms with van der Waals surface area (Å²) in [6.45, 7) is 4.14. The van der Waals surface area contributed by atoms with E-state index in [0.717, 1.165) is 16.6 Å². The van der Waals surface area contributed by atoms with Gasteiger partial charge >= 0.3 is 5.97 Å². The van der Waals surface area contributed by atoms with Crippen LogP contribution in [-0.2, 0) is 22.5 Å². The Hall–Kier alpha value is -2.93. The van der Waals surface area contributed by atoms with Crippen molar-refractivity contribution in [1.29, 1.82) is 0 Å². The monoisotopic (exact) mass is 398 g/mol. The van der Waals surface area contributed by atoms with Crippen molar-refractivity contribution in [3.05, 3.63) is 58.4 Å². The lowest BCUT2D eigenvalue weighted by atomic mass is 10.2. The van der Waals surface area contributed by atoms with Gasteiger partial charge in [-0.3, -0.25) is 9.59 Å². The molecule has 0 radical (unpaired) electrons. The third-order valence-electron chi connectivity index (χ3n) is 4.28. The second-order valence-corrected chi connectivity index (χ2v) is 7.06. The number of rotatable bonds is 6. The zero-order valence-electron chi connectivity index (χ0n) is 16.1. The Balaban J connectivity index is 2.13. The van der Waals surface area contributed by atoms with Crippen LogP contribution in [0.5, 0.6) is 5.75 Å². The number of para-hydroxylation sites is 1.